The zero-order valence-corrected chi connectivity index (χ0v) is 16.7. The maximum Gasteiger partial charge on any atom is 0.287 e. The monoisotopic (exact) mass is 349 g/mol. The third-order valence-electron chi connectivity index (χ3n) is 4.95. The molecule has 3 heteroatoms. The molecule has 0 aliphatic heterocycles. The first-order valence-corrected chi connectivity index (χ1v) is 10.5. The number of hydrogen-bond donors (Lipinski definition) is 1. The van der Waals surface area contributed by atoms with E-state index < -0.39 is 0 Å². The number of carbonyl (C=O) groups excluding carboxylic acids is 1. The Hall–Kier alpha value is -1.25. The van der Waals surface area contributed by atoms with Crippen molar-refractivity contribution in [1.29, 1.82) is 0 Å². The molecule has 0 fully saturated rings. The van der Waals surface area contributed by atoms with Gasteiger partial charge in [0.25, 0.3) is 5.91 Å². The molecule has 0 radical (unpaired) electrons. The van der Waals surface area contributed by atoms with Gasteiger partial charge in [0, 0.05) is 6.54 Å². The van der Waals surface area contributed by atoms with Gasteiger partial charge in [-0.25, -0.2) is 0 Å². The van der Waals surface area contributed by atoms with Crippen molar-refractivity contribution in [2.24, 2.45) is 5.92 Å². The lowest BCUT2D eigenvalue weighted by Crippen LogP contribution is -2.29. The fourth-order valence-electron chi connectivity index (χ4n) is 3.30. The fourth-order valence-corrected chi connectivity index (χ4v) is 3.30. The van der Waals surface area contributed by atoms with Gasteiger partial charge >= 0.3 is 0 Å². The lowest BCUT2D eigenvalue weighted by Gasteiger charge is -2.17. The molecule has 1 aromatic heterocycles. The van der Waals surface area contributed by atoms with Gasteiger partial charge in [-0.05, 0) is 37.8 Å². The molecular formula is C22H39NO2. The molecule has 3 nitrogen and oxygen atoms in total. The first kappa shape index (κ1) is 21.8. The zero-order valence-electron chi connectivity index (χ0n) is 16.7. The van der Waals surface area contributed by atoms with Crippen LogP contribution in [0.25, 0.3) is 0 Å². The zero-order chi connectivity index (χ0) is 18.3. The van der Waals surface area contributed by atoms with E-state index in [-0.39, 0.29) is 5.91 Å². The molecule has 0 aliphatic carbocycles. The predicted octanol–water partition coefficient (Wildman–Crippen LogP) is 6.66. The largest absolute Gasteiger partial charge is 0.456 e. The minimum absolute atomic E-state index is 0.0744. The van der Waals surface area contributed by atoms with Crippen molar-refractivity contribution in [2.45, 2.75) is 97.8 Å². The number of nitrogens with one attached hydrogen (secondary N) is 1. The number of hydrogen-bond acceptors (Lipinski definition) is 2. The third-order valence-corrected chi connectivity index (χ3v) is 4.95. The van der Waals surface area contributed by atoms with Gasteiger partial charge in [0.1, 0.15) is 5.76 Å². The van der Waals surface area contributed by atoms with Crippen molar-refractivity contribution in [3.63, 3.8) is 0 Å². The highest BCUT2D eigenvalue weighted by molar-refractivity contribution is 5.91. The maximum absolute atomic E-state index is 12.2. The molecule has 1 N–H and O–H groups in total. The number of carbonyl (C=O) groups is 1. The summed E-state index contributed by atoms with van der Waals surface area (Å²) in [5.74, 6) is 1.74. The van der Waals surface area contributed by atoms with Crippen LogP contribution in [-0.2, 0) is 0 Å². The van der Waals surface area contributed by atoms with Crippen LogP contribution >= 0.6 is 0 Å². The van der Waals surface area contributed by atoms with Crippen LogP contribution < -0.4 is 5.32 Å². The molecule has 1 heterocycles. The molecule has 1 rings (SSSR count). The van der Waals surface area contributed by atoms with E-state index in [0.717, 1.165) is 12.3 Å². The lowest BCUT2D eigenvalue weighted by molar-refractivity contribution is 0.0916. The van der Waals surface area contributed by atoms with Crippen LogP contribution in [0.2, 0.25) is 0 Å². The van der Waals surface area contributed by atoms with E-state index in [2.05, 4.69) is 19.2 Å². The molecule has 0 saturated heterocycles. The van der Waals surface area contributed by atoms with Crippen molar-refractivity contribution in [3.05, 3.63) is 23.7 Å². The Morgan fingerprint density at radius 2 is 1.48 bits per heavy atom. The number of aryl methyl sites for hydroxylation is 1. The van der Waals surface area contributed by atoms with Gasteiger partial charge in [-0.3, -0.25) is 4.79 Å². The summed E-state index contributed by atoms with van der Waals surface area (Å²) < 4.78 is 5.41. The van der Waals surface area contributed by atoms with Gasteiger partial charge in [-0.2, -0.15) is 0 Å². The predicted molar refractivity (Wildman–Crippen MR) is 106 cm³/mol. The van der Waals surface area contributed by atoms with Gasteiger partial charge in [0.2, 0.25) is 0 Å². The summed E-state index contributed by atoms with van der Waals surface area (Å²) in [6.45, 7) is 7.15. The van der Waals surface area contributed by atoms with E-state index in [9.17, 15) is 4.79 Å². The quantitative estimate of drug-likeness (QED) is 0.360. The number of rotatable bonds is 15. The van der Waals surface area contributed by atoms with E-state index in [0.29, 0.717) is 11.7 Å². The average molecular weight is 350 g/mol. The van der Waals surface area contributed by atoms with Crippen molar-refractivity contribution < 1.29 is 9.21 Å². The van der Waals surface area contributed by atoms with E-state index in [4.69, 9.17) is 4.42 Å². The Kier molecular flexibility index (Phi) is 12.2. The maximum atomic E-state index is 12.2. The Morgan fingerprint density at radius 3 is 2.04 bits per heavy atom. The molecule has 0 bridgehead atoms. The number of amides is 1. The first-order chi connectivity index (χ1) is 12.2. The molecule has 0 aromatic carbocycles. The van der Waals surface area contributed by atoms with Crippen molar-refractivity contribution in [3.8, 4) is 0 Å². The summed E-state index contributed by atoms with van der Waals surface area (Å²) in [5.41, 5.74) is 0. The van der Waals surface area contributed by atoms with E-state index >= 15 is 0 Å². The van der Waals surface area contributed by atoms with Gasteiger partial charge in [-0.15, -0.1) is 0 Å². The van der Waals surface area contributed by atoms with Crippen molar-refractivity contribution in [1.82, 2.24) is 5.32 Å². The fraction of sp³-hybridized carbons (Fsp3) is 0.773. The van der Waals surface area contributed by atoms with Crippen molar-refractivity contribution >= 4 is 5.91 Å². The van der Waals surface area contributed by atoms with Crippen LogP contribution in [0.4, 0.5) is 0 Å². The van der Waals surface area contributed by atoms with Crippen LogP contribution in [0.5, 0.6) is 0 Å². The summed E-state index contributed by atoms with van der Waals surface area (Å²) in [7, 11) is 0. The second-order valence-corrected chi connectivity index (χ2v) is 7.39. The van der Waals surface area contributed by atoms with Crippen LogP contribution in [0.1, 0.15) is 107 Å². The van der Waals surface area contributed by atoms with Gasteiger partial charge in [0.05, 0.1) is 0 Å². The first-order valence-electron chi connectivity index (χ1n) is 10.5. The Balaban J connectivity index is 2.31. The standard InChI is InChI=1S/C22H39NO2/c1-4-6-8-10-11-13-15-20(14-12-9-7-5-2)18-23-22(24)21-17-16-19(3)25-21/h16-17,20H,4-15,18H2,1-3H3,(H,23,24). The van der Waals surface area contributed by atoms with Crippen LogP contribution in [0, 0.1) is 12.8 Å². The molecular weight excluding hydrogens is 310 g/mol. The minimum atomic E-state index is -0.0744. The highest BCUT2D eigenvalue weighted by Crippen LogP contribution is 2.18. The Bertz CT molecular complexity index is 453. The molecule has 1 unspecified atom stereocenters. The summed E-state index contributed by atoms with van der Waals surface area (Å²) in [6, 6.07) is 3.60. The van der Waals surface area contributed by atoms with Crippen LogP contribution in [0.3, 0.4) is 0 Å². The smallest absolute Gasteiger partial charge is 0.287 e. The normalized spacial score (nSPS) is 12.3. The summed E-state index contributed by atoms with van der Waals surface area (Å²) >= 11 is 0. The summed E-state index contributed by atoms with van der Waals surface area (Å²) in [4.78, 5) is 12.2. The van der Waals surface area contributed by atoms with Crippen LogP contribution in [-0.4, -0.2) is 12.5 Å². The second kappa shape index (κ2) is 14.0. The molecule has 0 saturated carbocycles. The van der Waals surface area contributed by atoms with Gasteiger partial charge in [-0.1, -0.05) is 78.1 Å². The number of furan rings is 1. The van der Waals surface area contributed by atoms with Crippen LogP contribution in [0.15, 0.2) is 16.5 Å². The Labute approximate surface area is 155 Å². The van der Waals surface area contributed by atoms with Gasteiger partial charge in [0.15, 0.2) is 5.76 Å². The van der Waals surface area contributed by atoms with Crippen molar-refractivity contribution in [2.75, 3.05) is 6.54 Å². The van der Waals surface area contributed by atoms with Gasteiger partial charge < -0.3 is 9.73 Å². The van der Waals surface area contributed by atoms with E-state index in [1.54, 1.807) is 6.07 Å². The van der Waals surface area contributed by atoms with E-state index in [1.807, 2.05) is 13.0 Å². The highest BCUT2D eigenvalue weighted by Gasteiger charge is 2.13. The highest BCUT2D eigenvalue weighted by atomic mass is 16.3. The molecule has 1 amide bonds. The lowest BCUT2D eigenvalue weighted by atomic mass is 9.94. The van der Waals surface area contributed by atoms with E-state index in [1.165, 1.54) is 77.0 Å². The topological polar surface area (TPSA) is 42.2 Å². The molecule has 25 heavy (non-hydrogen) atoms. The molecule has 144 valence electrons. The Morgan fingerprint density at radius 1 is 0.920 bits per heavy atom. The SMILES string of the molecule is CCCCCCCCC(CCCCCC)CNC(=O)c1ccc(C)o1. The second-order valence-electron chi connectivity index (χ2n) is 7.39. The summed E-state index contributed by atoms with van der Waals surface area (Å²) in [5, 5.41) is 3.08. The molecule has 1 atom stereocenters. The summed E-state index contributed by atoms with van der Waals surface area (Å²) in [6.07, 6.45) is 15.7. The molecule has 1 aromatic rings. The minimum Gasteiger partial charge on any atom is -0.456 e. The average Bonchev–Trinajstić information content (AvgIpc) is 3.05. The molecule has 0 spiro atoms. The molecule has 0 aliphatic rings. The third kappa shape index (κ3) is 10.4. The number of unbranched alkanes of at least 4 members (excludes halogenated alkanes) is 8.